The van der Waals surface area contributed by atoms with Crippen LogP contribution >= 0.6 is 11.6 Å². The molecule has 4 rings (SSSR count). The van der Waals surface area contributed by atoms with Crippen LogP contribution in [0.1, 0.15) is 22.7 Å². The average Bonchev–Trinajstić information content (AvgIpc) is 2.93. The zero-order valence-electron chi connectivity index (χ0n) is 19.9. The molecule has 1 N–H and O–H groups in total. The molecule has 0 saturated heterocycles. The van der Waals surface area contributed by atoms with E-state index in [0.717, 1.165) is 5.56 Å². The lowest BCUT2D eigenvalue weighted by Gasteiger charge is -2.31. The number of rotatable bonds is 10. The fourth-order valence-corrected chi connectivity index (χ4v) is 3.98. The molecule has 0 bridgehead atoms. The fraction of sp³-hybridized carbons (Fsp3) is 0.138. The van der Waals surface area contributed by atoms with E-state index in [1.54, 1.807) is 85.2 Å². The van der Waals surface area contributed by atoms with Crippen LogP contribution in [0.5, 0.6) is 5.75 Å². The van der Waals surface area contributed by atoms with Crippen molar-refractivity contribution in [1.29, 1.82) is 0 Å². The molecule has 2 amide bonds. The summed E-state index contributed by atoms with van der Waals surface area (Å²) in [7, 11) is 0. The zero-order valence-corrected chi connectivity index (χ0v) is 20.6. The number of benzene rings is 3. The molecule has 37 heavy (non-hydrogen) atoms. The number of nitrogens with one attached hydrogen (secondary N) is 1. The molecule has 4 aromatic rings. The smallest absolute Gasteiger partial charge is 0.261 e. The van der Waals surface area contributed by atoms with Crippen LogP contribution in [0.3, 0.4) is 0 Å². The summed E-state index contributed by atoms with van der Waals surface area (Å²) in [4.78, 5) is 32.6. The molecule has 1 aromatic heterocycles. The van der Waals surface area contributed by atoms with Crippen LogP contribution in [0, 0.1) is 5.82 Å². The Hall–Kier alpha value is -4.23. The Balaban J connectivity index is 1.63. The number of para-hydroxylation sites is 1. The molecule has 0 unspecified atom stereocenters. The topological polar surface area (TPSA) is 71.5 Å². The lowest BCUT2D eigenvalue weighted by molar-refractivity contribution is -0.143. The van der Waals surface area contributed by atoms with Crippen LogP contribution in [0.15, 0.2) is 103 Å². The van der Waals surface area contributed by atoms with Crippen molar-refractivity contribution in [2.24, 2.45) is 0 Å². The molecule has 6 nitrogen and oxygen atoms in total. The van der Waals surface area contributed by atoms with E-state index < -0.39 is 17.8 Å². The van der Waals surface area contributed by atoms with Crippen LogP contribution in [0.25, 0.3) is 0 Å². The van der Waals surface area contributed by atoms with Gasteiger partial charge in [0.2, 0.25) is 5.91 Å². The minimum Gasteiger partial charge on any atom is -0.482 e. The number of pyridine rings is 1. The number of amides is 2. The van der Waals surface area contributed by atoms with E-state index in [1.165, 1.54) is 17.0 Å². The highest BCUT2D eigenvalue weighted by Crippen LogP contribution is 2.26. The first-order valence-electron chi connectivity index (χ1n) is 11.6. The van der Waals surface area contributed by atoms with Gasteiger partial charge >= 0.3 is 0 Å². The van der Waals surface area contributed by atoms with E-state index in [2.05, 4.69) is 10.3 Å². The summed E-state index contributed by atoms with van der Waals surface area (Å²) in [5, 5.41) is 3.30. The molecule has 8 heteroatoms. The van der Waals surface area contributed by atoms with Crippen LogP contribution in [-0.4, -0.2) is 28.3 Å². The maximum absolute atomic E-state index is 13.6. The summed E-state index contributed by atoms with van der Waals surface area (Å²) >= 11 is 6.19. The molecule has 0 saturated carbocycles. The summed E-state index contributed by atoms with van der Waals surface area (Å²) in [6, 6.07) is 24.3. The second-order valence-corrected chi connectivity index (χ2v) is 8.66. The molecule has 0 fully saturated rings. The van der Waals surface area contributed by atoms with Crippen molar-refractivity contribution >= 4 is 23.4 Å². The largest absolute Gasteiger partial charge is 0.482 e. The summed E-state index contributed by atoms with van der Waals surface area (Å²) < 4.78 is 19.3. The van der Waals surface area contributed by atoms with Gasteiger partial charge in [0.05, 0.1) is 5.02 Å². The monoisotopic (exact) mass is 517 g/mol. The van der Waals surface area contributed by atoms with Gasteiger partial charge in [-0.1, -0.05) is 66.2 Å². The van der Waals surface area contributed by atoms with Crippen LogP contribution in [-0.2, 0) is 22.7 Å². The van der Waals surface area contributed by atoms with Crippen molar-refractivity contribution < 1.29 is 18.7 Å². The third-order valence-electron chi connectivity index (χ3n) is 5.67. The Morgan fingerprint density at radius 1 is 0.892 bits per heavy atom. The highest BCUT2D eigenvalue weighted by Gasteiger charge is 2.32. The number of hydrogen-bond acceptors (Lipinski definition) is 4. The Morgan fingerprint density at radius 2 is 1.57 bits per heavy atom. The fourth-order valence-electron chi connectivity index (χ4n) is 3.79. The van der Waals surface area contributed by atoms with Crippen molar-refractivity contribution in [2.45, 2.75) is 19.1 Å². The first-order chi connectivity index (χ1) is 18.0. The van der Waals surface area contributed by atoms with Crippen LogP contribution < -0.4 is 10.1 Å². The number of carbonyl (C=O) groups is 2. The first kappa shape index (κ1) is 25.9. The highest BCUT2D eigenvalue weighted by atomic mass is 35.5. The van der Waals surface area contributed by atoms with Gasteiger partial charge in [-0.3, -0.25) is 14.6 Å². The quantitative estimate of drug-likeness (QED) is 0.308. The summed E-state index contributed by atoms with van der Waals surface area (Å²) in [5.74, 6) is -0.829. The summed E-state index contributed by atoms with van der Waals surface area (Å²) in [6.45, 7) is -0.0154. The second kappa shape index (κ2) is 12.6. The molecule has 0 aliphatic heterocycles. The number of halogens is 2. The van der Waals surface area contributed by atoms with Gasteiger partial charge in [0, 0.05) is 25.5 Å². The van der Waals surface area contributed by atoms with Gasteiger partial charge in [0.1, 0.15) is 17.6 Å². The molecule has 1 heterocycles. The van der Waals surface area contributed by atoms with Gasteiger partial charge in [-0.2, -0.15) is 0 Å². The molecule has 0 aliphatic rings. The average molecular weight is 518 g/mol. The van der Waals surface area contributed by atoms with E-state index in [-0.39, 0.29) is 25.6 Å². The number of hydrogen-bond donors (Lipinski definition) is 1. The Bertz CT molecular complexity index is 1320. The van der Waals surface area contributed by atoms with Gasteiger partial charge in [-0.25, -0.2) is 4.39 Å². The maximum Gasteiger partial charge on any atom is 0.261 e. The SMILES string of the molecule is O=C(NCc1ccncc1)[C@H](c1ccccc1)N(Cc1ccc(F)cc1)C(=O)COc1ccccc1Cl. The van der Waals surface area contributed by atoms with Crippen LogP contribution in [0.2, 0.25) is 5.02 Å². The highest BCUT2D eigenvalue weighted by molar-refractivity contribution is 6.32. The lowest BCUT2D eigenvalue weighted by Crippen LogP contribution is -2.45. The normalized spacial score (nSPS) is 11.4. The number of nitrogens with zero attached hydrogens (tertiary/aromatic N) is 2. The molecule has 3 aromatic carbocycles. The van der Waals surface area contributed by atoms with E-state index in [4.69, 9.17) is 16.3 Å². The summed E-state index contributed by atoms with van der Waals surface area (Å²) in [6.07, 6.45) is 3.29. The molecule has 0 radical (unpaired) electrons. The molecule has 1 atom stereocenters. The Kier molecular flexibility index (Phi) is 8.84. The lowest BCUT2D eigenvalue weighted by atomic mass is 10.0. The number of ether oxygens (including phenoxy) is 1. The van der Waals surface area contributed by atoms with E-state index in [9.17, 15) is 14.0 Å². The van der Waals surface area contributed by atoms with Gasteiger partial charge in [-0.15, -0.1) is 0 Å². The number of aromatic nitrogens is 1. The van der Waals surface area contributed by atoms with Gasteiger partial charge in [0.15, 0.2) is 6.61 Å². The minimum atomic E-state index is -0.963. The van der Waals surface area contributed by atoms with E-state index >= 15 is 0 Å². The molecule has 188 valence electrons. The Labute approximate surface area is 219 Å². The standard InChI is InChI=1S/C29H25ClFN3O3/c30-25-8-4-5-9-26(25)37-20-27(35)34(19-22-10-12-24(31)13-11-22)28(23-6-2-1-3-7-23)29(36)33-18-21-14-16-32-17-15-21/h1-17,28H,18-20H2,(H,33,36)/t28-/m0/s1. The van der Waals surface area contributed by atoms with Gasteiger partial charge < -0.3 is 15.0 Å². The first-order valence-corrected chi connectivity index (χ1v) is 12.0. The van der Waals surface area contributed by atoms with E-state index in [1.807, 2.05) is 6.07 Å². The predicted octanol–water partition coefficient (Wildman–Crippen LogP) is 5.34. The maximum atomic E-state index is 13.6. The third-order valence-corrected chi connectivity index (χ3v) is 5.98. The zero-order chi connectivity index (χ0) is 26.0. The van der Waals surface area contributed by atoms with Gasteiger partial charge in [-0.05, 0) is 53.1 Å². The van der Waals surface area contributed by atoms with Crippen LogP contribution in [0.4, 0.5) is 4.39 Å². The van der Waals surface area contributed by atoms with Crippen molar-refractivity contribution in [3.8, 4) is 5.75 Å². The van der Waals surface area contributed by atoms with Crippen molar-refractivity contribution in [1.82, 2.24) is 15.2 Å². The second-order valence-electron chi connectivity index (χ2n) is 8.25. The molecular weight excluding hydrogens is 493 g/mol. The van der Waals surface area contributed by atoms with E-state index in [0.29, 0.717) is 21.9 Å². The van der Waals surface area contributed by atoms with Crippen molar-refractivity contribution in [3.63, 3.8) is 0 Å². The minimum absolute atomic E-state index is 0.0627. The molecule has 0 spiro atoms. The Morgan fingerprint density at radius 3 is 2.27 bits per heavy atom. The predicted molar refractivity (Wildman–Crippen MR) is 139 cm³/mol. The van der Waals surface area contributed by atoms with Crippen molar-refractivity contribution in [3.05, 3.63) is 131 Å². The van der Waals surface area contributed by atoms with Crippen molar-refractivity contribution in [2.75, 3.05) is 6.61 Å². The number of carbonyl (C=O) groups excluding carboxylic acids is 2. The molecule has 0 aliphatic carbocycles. The third kappa shape index (κ3) is 7.15. The van der Waals surface area contributed by atoms with Gasteiger partial charge in [0.25, 0.3) is 5.91 Å². The molecular formula is C29H25ClFN3O3. The summed E-state index contributed by atoms with van der Waals surface area (Å²) in [5.41, 5.74) is 2.16.